The first-order chi connectivity index (χ1) is 13.1. The number of hydrogen-bond donors (Lipinski definition) is 1. The minimum absolute atomic E-state index is 0.0256. The molecule has 0 aromatic heterocycles. The summed E-state index contributed by atoms with van der Waals surface area (Å²) < 4.78 is 0. The van der Waals surface area contributed by atoms with Crippen molar-refractivity contribution < 1.29 is 4.79 Å². The summed E-state index contributed by atoms with van der Waals surface area (Å²) in [5, 5.41) is 23.4. The van der Waals surface area contributed by atoms with Crippen molar-refractivity contribution in [1.29, 1.82) is 5.26 Å². The van der Waals surface area contributed by atoms with Crippen molar-refractivity contribution >= 4 is 5.91 Å². The molecule has 2 unspecified atom stereocenters. The van der Waals surface area contributed by atoms with Crippen LogP contribution in [0.5, 0.6) is 0 Å². The van der Waals surface area contributed by atoms with E-state index in [1.54, 1.807) is 0 Å². The van der Waals surface area contributed by atoms with Gasteiger partial charge in [-0.05, 0) is 50.7 Å². The third-order valence-electron chi connectivity index (χ3n) is 6.28. The van der Waals surface area contributed by atoms with Gasteiger partial charge in [-0.2, -0.15) is 10.4 Å². The molecular formula is C21H27N5O. The van der Waals surface area contributed by atoms with E-state index in [1.165, 1.54) is 19.3 Å². The van der Waals surface area contributed by atoms with Crippen LogP contribution >= 0.6 is 0 Å². The van der Waals surface area contributed by atoms with Crippen LogP contribution in [-0.4, -0.2) is 35.1 Å². The Morgan fingerprint density at radius 2 is 1.96 bits per heavy atom. The molecule has 2 saturated carbocycles. The van der Waals surface area contributed by atoms with Gasteiger partial charge in [-0.25, -0.2) is 0 Å². The van der Waals surface area contributed by atoms with Crippen LogP contribution in [0.15, 0.2) is 34.6 Å². The first-order valence-electron chi connectivity index (χ1n) is 10.1. The summed E-state index contributed by atoms with van der Waals surface area (Å²) in [7, 11) is 0. The van der Waals surface area contributed by atoms with Crippen LogP contribution in [0.1, 0.15) is 60.9 Å². The standard InChI is InChI=1S/C21H27N5O/c1-15-7-9-17(10-8-15)20(27)23-19(16-5-3-2-4-6-16)18-13-26(25-24-18)21(14-22)11-12-21/h7-10,16,18-19H,2-6,11-13H2,1H3,(H,23,27). The predicted octanol–water partition coefficient (Wildman–Crippen LogP) is 3.78. The van der Waals surface area contributed by atoms with Crippen LogP contribution in [0.25, 0.3) is 0 Å². The minimum atomic E-state index is -0.448. The Kier molecular flexibility index (Phi) is 4.86. The summed E-state index contributed by atoms with van der Waals surface area (Å²) in [6.45, 7) is 2.64. The van der Waals surface area contributed by atoms with E-state index in [2.05, 4.69) is 21.7 Å². The molecule has 0 radical (unpaired) electrons. The number of benzene rings is 1. The molecule has 3 aliphatic rings. The summed E-state index contributed by atoms with van der Waals surface area (Å²) in [6.07, 6.45) is 7.64. The molecule has 6 nitrogen and oxygen atoms in total. The number of nitrogens with zero attached hydrogens (tertiary/aromatic N) is 4. The Hall–Kier alpha value is -2.42. The Labute approximate surface area is 160 Å². The lowest BCUT2D eigenvalue weighted by Crippen LogP contribution is -2.50. The molecule has 0 spiro atoms. The Morgan fingerprint density at radius 3 is 2.59 bits per heavy atom. The van der Waals surface area contributed by atoms with Gasteiger partial charge >= 0.3 is 0 Å². The first kappa shape index (κ1) is 18.0. The lowest BCUT2D eigenvalue weighted by atomic mass is 9.81. The molecule has 1 aromatic rings. The van der Waals surface area contributed by atoms with Gasteiger partial charge in [0.2, 0.25) is 0 Å². The summed E-state index contributed by atoms with van der Waals surface area (Å²) in [5.41, 5.74) is 1.38. The zero-order valence-electron chi connectivity index (χ0n) is 15.9. The number of hydrogen-bond acceptors (Lipinski definition) is 5. The van der Waals surface area contributed by atoms with E-state index in [4.69, 9.17) is 0 Å². The first-order valence-corrected chi connectivity index (χ1v) is 10.1. The van der Waals surface area contributed by atoms with Crippen molar-refractivity contribution in [2.45, 2.75) is 69.5 Å². The molecule has 1 aliphatic heterocycles. The topological polar surface area (TPSA) is 80.9 Å². The van der Waals surface area contributed by atoms with Gasteiger partial charge in [0.1, 0.15) is 11.6 Å². The molecule has 2 aliphatic carbocycles. The van der Waals surface area contributed by atoms with Crippen LogP contribution in [0, 0.1) is 24.2 Å². The van der Waals surface area contributed by atoms with Crippen molar-refractivity contribution in [2.24, 2.45) is 16.3 Å². The van der Waals surface area contributed by atoms with Gasteiger partial charge in [-0.15, -0.1) is 0 Å². The molecule has 4 rings (SSSR count). The predicted molar refractivity (Wildman–Crippen MR) is 102 cm³/mol. The molecule has 2 fully saturated rings. The van der Waals surface area contributed by atoms with Gasteiger partial charge in [0.05, 0.1) is 18.7 Å². The zero-order valence-corrected chi connectivity index (χ0v) is 15.9. The smallest absolute Gasteiger partial charge is 0.251 e. The molecule has 1 N–H and O–H groups in total. The lowest BCUT2D eigenvalue weighted by Gasteiger charge is -2.33. The maximum absolute atomic E-state index is 12.9. The summed E-state index contributed by atoms with van der Waals surface area (Å²) in [4.78, 5) is 12.9. The van der Waals surface area contributed by atoms with Gasteiger partial charge in [0.25, 0.3) is 5.91 Å². The van der Waals surface area contributed by atoms with E-state index in [9.17, 15) is 10.1 Å². The molecule has 1 aromatic carbocycles. The Balaban J connectivity index is 1.49. The third-order valence-corrected chi connectivity index (χ3v) is 6.28. The highest BCUT2D eigenvalue weighted by Crippen LogP contribution is 2.43. The van der Waals surface area contributed by atoms with E-state index in [0.717, 1.165) is 31.2 Å². The van der Waals surface area contributed by atoms with Crippen molar-refractivity contribution in [3.63, 3.8) is 0 Å². The van der Waals surface area contributed by atoms with Crippen molar-refractivity contribution in [2.75, 3.05) is 6.54 Å². The largest absolute Gasteiger partial charge is 0.347 e. The van der Waals surface area contributed by atoms with Crippen molar-refractivity contribution in [1.82, 2.24) is 10.3 Å². The van der Waals surface area contributed by atoms with Crippen molar-refractivity contribution in [3.8, 4) is 6.07 Å². The Bertz CT molecular complexity index is 756. The van der Waals surface area contributed by atoms with Gasteiger partial charge in [-0.1, -0.05) is 42.2 Å². The summed E-state index contributed by atoms with van der Waals surface area (Å²) >= 11 is 0. The average molecular weight is 365 g/mol. The molecule has 27 heavy (non-hydrogen) atoms. The maximum Gasteiger partial charge on any atom is 0.251 e. The fraction of sp³-hybridized carbons (Fsp3) is 0.619. The normalized spacial score (nSPS) is 25.0. The second-order valence-corrected chi connectivity index (χ2v) is 8.26. The van der Waals surface area contributed by atoms with Gasteiger partial charge in [0, 0.05) is 5.56 Å². The maximum atomic E-state index is 12.9. The molecule has 142 valence electrons. The molecular weight excluding hydrogens is 338 g/mol. The molecule has 1 amide bonds. The highest BCUT2D eigenvalue weighted by molar-refractivity contribution is 5.94. The number of aryl methyl sites for hydroxylation is 1. The van der Waals surface area contributed by atoms with E-state index < -0.39 is 5.54 Å². The second kappa shape index (κ2) is 7.30. The number of rotatable bonds is 5. The minimum Gasteiger partial charge on any atom is -0.347 e. The summed E-state index contributed by atoms with van der Waals surface area (Å²) in [5.74, 6) is 0.384. The summed E-state index contributed by atoms with van der Waals surface area (Å²) in [6, 6.07) is 9.97. The van der Waals surface area contributed by atoms with Crippen LogP contribution in [0.2, 0.25) is 0 Å². The molecule has 1 heterocycles. The fourth-order valence-electron chi connectivity index (χ4n) is 4.33. The zero-order chi connectivity index (χ0) is 18.9. The molecule has 0 saturated heterocycles. The fourth-order valence-corrected chi connectivity index (χ4v) is 4.33. The van der Waals surface area contributed by atoms with Crippen LogP contribution in [0.3, 0.4) is 0 Å². The number of carbonyl (C=O) groups is 1. The number of amides is 1. The van der Waals surface area contributed by atoms with Crippen LogP contribution in [-0.2, 0) is 0 Å². The molecule has 2 atom stereocenters. The number of nitriles is 1. The van der Waals surface area contributed by atoms with E-state index in [-0.39, 0.29) is 18.0 Å². The van der Waals surface area contributed by atoms with Crippen LogP contribution < -0.4 is 5.32 Å². The SMILES string of the molecule is Cc1ccc(C(=O)NC(C2CCCCC2)C2CN(C3(C#N)CC3)N=N2)cc1. The van der Waals surface area contributed by atoms with Crippen LogP contribution in [0.4, 0.5) is 0 Å². The van der Waals surface area contributed by atoms with E-state index >= 15 is 0 Å². The van der Waals surface area contributed by atoms with Crippen molar-refractivity contribution in [3.05, 3.63) is 35.4 Å². The highest BCUT2D eigenvalue weighted by atomic mass is 16.1. The lowest BCUT2D eigenvalue weighted by molar-refractivity contribution is 0.0898. The van der Waals surface area contributed by atoms with Gasteiger partial charge < -0.3 is 5.32 Å². The number of nitrogens with one attached hydrogen (secondary N) is 1. The molecule has 6 heteroatoms. The molecule has 0 bridgehead atoms. The highest BCUT2D eigenvalue weighted by Gasteiger charge is 2.52. The van der Waals surface area contributed by atoms with E-state index in [0.29, 0.717) is 18.0 Å². The van der Waals surface area contributed by atoms with Gasteiger partial charge in [-0.3, -0.25) is 9.80 Å². The third kappa shape index (κ3) is 3.69. The van der Waals surface area contributed by atoms with E-state index in [1.807, 2.05) is 36.2 Å². The quantitative estimate of drug-likeness (QED) is 0.862. The monoisotopic (exact) mass is 365 g/mol. The Morgan fingerprint density at radius 1 is 1.26 bits per heavy atom. The number of carbonyl (C=O) groups excluding carboxylic acids is 1. The van der Waals surface area contributed by atoms with Gasteiger partial charge in [0.15, 0.2) is 0 Å². The average Bonchev–Trinajstić information content (AvgIpc) is 3.36. The second-order valence-electron chi connectivity index (χ2n) is 8.26.